The number of ketones is 1. The Kier molecular flexibility index (Phi) is 3.52. The van der Waals surface area contributed by atoms with E-state index in [2.05, 4.69) is 6.92 Å². The molecule has 6 atom stereocenters. The minimum atomic E-state index is -0.0514. The molecule has 0 spiro atoms. The topological polar surface area (TPSA) is 37.3 Å². The van der Waals surface area contributed by atoms with Gasteiger partial charge in [0, 0.05) is 0 Å². The standard InChI is InChI=1S/C20H30O2/c1-12(21)15-5-6-17-16(15)7-8-19-18(17)4-3-13-11-14(22)9-10-20(13,19)2/h13-14,17-19,22H,3-11H2,1-2H3/t13-,14-,17+,18-,19-,20-/m1/s1. The Morgan fingerprint density at radius 1 is 1.14 bits per heavy atom. The van der Waals surface area contributed by atoms with Crippen LogP contribution in [0.3, 0.4) is 0 Å². The van der Waals surface area contributed by atoms with Crippen molar-refractivity contribution in [1.29, 1.82) is 0 Å². The maximum atomic E-state index is 11.9. The fourth-order valence-corrected chi connectivity index (χ4v) is 6.82. The van der Waals surface area contributed by atoms with Gasteiger partial charge in [0.25, 0.3) is 0 Å². The van der Waals surface area contributed by atoms with Crippen LogP contribution in [0.25, 0.3) is 0 Å². The summed E-state index contributed by atoms with van der Waals surface area (Å²) < 4.78 is 0. The van der Waals surface area contributed by atoms with Crippen molar-refractivity contribution in [3.8, 4) is 0 Å². The Balaban J connectivity index is 1.62. The van der Waals surface area contributed by atoms with Gasteiger partial charge < -0.3 is 5.11 Å². The monoisotopic (exact) mass is 302 g/mol. The number of carbonyl (C=O) groups excluding carboxylic acids is 1. The van der Waals surface area contributed by atoms with Crippen molar-refractivity contribution in [2.24, 2.45) is 29.1 Å². The van der Waals surface area contributed by atoms with E-state index in [0.717, 1.165) is 37.0 Å². The first-order valence-electron chi connectivity index (χ1n) is 9.41. The Labute approximate surface area is 134 Å². The highest BCUT2D eigenvalue weighted by atomic mass is 16.3. The van der Waals surface area contributed by atoms with Crippen LogP contribution in [0.5, 0.6) is 0 Å². The summed E-state index contributed by atoms with van der Waals surface area (Å²) in [5.41, 5.74) is 3.19. The first-order chi connectivity index (χ1) is 10.5. The van der Waals surface area contributed by atoms with E-state index in [0.29, 0.717) is 17.1 Å². The van der Waals surface area contributed by atoms with Crippen LogP contribution in [-0.2, 0) is 4.79 Å². The van der Waals surface area contributed by atoms with Crippen LogP contribution in [0.1, 0.15) is 71.6 Å². The smallest absolute Gasteiger partial charge is 0.155 e. The normalized spacial score (nSPS) is 47.7. The van der Waals surface area contributed by atoms with Gasteiger partial charge in [-0.05, 0) is 99.4 Å². The average Bonchev–Trinajstić information content (AvgIpc) is 2.92. The molecular weight excluding hydrogens is 272 g/mol. The summed E-state index contributed by atoms with van der Waals surface area (Å²) in [5.74, 6) is 3.42. The van der Waals surface area contributed by atoms with Gasteiger partial charge in [0.15, 0.2) is 5.78 Å². The van der Waals surface area contributed by atoms with E-state index in [1.54, 1.807) is 12.5 Å². The highest BCUT2D eigenvalue weighted by Crippen LogP contribution is 2.62. The van der Waals surface area contributed by atoms with Crippen molar-refractivity contribution in [2.75, 3.05) is 0 Å². The molecule has 2 heteroatoms. The summed E-state index contributed by atoms with van der Waals surface area (Å²) in [5, 5.41) is 10.1. The molecule has 0 amide bonds. The molecule has 0 unspecified atom stereocenters. The number of Topliss-reactive ketones (excluding diaryl/α,β-unsaturated/α-hetero) is 1. The zero-order valence-electron chi connectivity index (χ0n) is 14.1. The summed E-state index contributed by atoms with van der Waals surface area (Å²) in [6, 6.07) is 0. The van der Waals surface area contributed by atoms with E-state index < -0.39 is 0 Å². The SMILES string of the molecule is CC(=O)C1=C2CC[C@@H]3[C@H](CC[C@@H]4C[C@H](O)CC[C@]43C)[C@H]2CC1. The summed E-state index contributed by atoms with van der Waals surface area (Å²) in [4.78, 5) is 11.9. The number of hydrogen-bond acceptors (Lipinski definition) is 2. The molecule has 122 valence electrons. The number of allylic oxidation sites excluding steroid dienone is 2. The van der Waals surface area contributed by atoms with E-state index in [4.69, 9.17) is 0 Å². The molecule has 0 aliphatic heterocycles. The van der Waals surface area contributed by atoms with E-state index >= 15 is 0 Å². The molecule has 0 aromatic heterocycles. The van der Waals surface area contributed by atoms with Gasteiger partial charge in [0.05, 0.1) is 6.10 Å². The zero-order chi connectivity index (χ0) is 15.5. The second-order valence-corrected chi connectivity index (χ2v) is 8.72. The van der Waals surface area contributed by atoms with E-state index in [1.807, 2.05) is 0 Å². The minimum absolute atomic E-state index is 0.0514. The molecule has 3 fully saturated rings. The Bertz CT molecular complexity index is 520. The minimum Gasteiger partial charge on any atom is -0.393 e. The van der Waals surface area contributed by atoms with Crippen molar-refractivity contribution in [1.82, 2.24) is 0 Å². The third-order valence-electron chi connectivity index (χ3n) is 7.92. The van der Waals surface area contributed by atoms with E-state index in [-0.39, 0.29) is 6.10 Å². The third kappa shape index (κ3) is 2.06. The van der Waals surface area contributed by atoms with Crippen LogP contribution in [0.15, 0.2) is 11.1 Å². The number of carbonyl (C=O) groups is 1. The number of aliphatic hydroxyl groups is 1. The van der Waals surface area contributed by atoms with Gasteiger partial charge >= 0.3 is 0 Å². The molecule has 0 aromatic rings. The van der Waals surface area contributed by atoms with Crippen molar-refractivity contribution < 1.29 is 9.90 Å². The van der Waals surface area contributed by atoms with Crippen LogP contribution >= 0.6 is 0 Å². The Hall–Kier alpha value is -0.630. The second-order valence-electron chi connectivity index (χ2n) is 8.72. The van der Waals surface area contributed by atoms with Gasteiger partial charge in [0.2, 0.25) is 0 Å². The molecule has 4 aliphatic carbocycles. The molecule has 0 saturated heterocycles. The lowest BCUT2D eigenvalue weighted by atomic mass is 9.47. The predicted octanol–water partition coefficient (Wildman–Crippen LogP) is 4.27. The van der Waals surface area contributed by atoms with Crippen LogP contribution in [0.4, 0.5) is 0 Å². The molecule has 3 saturated carbocycles. The molecule has 2 nitrogen and oxygen atoms in total. The third-order valence-corrected chi connectivity index (χ3v) is 7.92. The summed E-state index contributed by atoms with van der Waals surface area (Å²) >= 11 is 0. The van der Waals surface area contributed by atoms with Crippen molar-refractivity contribution in [3.63, 3.8) is 0 Å². The van der Waals surface area contributed by atoms with Crippen molar-refractivity contribution >= 4 is 5.78 Å². The number of rotatable bonds is 1. The number of fused-ring (bicyclic) bond motifs is 5. The van der Waals surface area contributed by atoms with Crippen LogP contribution < -0.4 is 0 Å². The predicted molar refractivity (Wildman–Crippen MR) is 87.3 cm³/mol. The van der Waals surface area contributed by atoms with Gasteiger partial charge in [0.1, 0.15) is 0 Å². The molecule has 0 aromatic carbocycles. The van der Waals surface area contributed by atoms with Crippen molar-refractivity contribution in [2.45, 2.75) is 77.7 Å². The molecule has 1 N–H and O–H groups in total. The van der Waals surface area contributed by atoms with E-state index in [9.17, 15) is 9.90 Å². The number of aliphatic hydroxyl groups excluding tert-OH is 1. The highest BCUT2D eigenvalue weighted by Gasteiger charge is 2.54. The zero-order valence-corrected chi connectivity index (χ0v) is 14.1. The molecule has 0 radical (unpaired) electrons. The lowest BCUT2D eigenvalue weighted by molar-refractivity contribution is -0.113. The maximum absolute atomic E-state index is 11.9. The van der Waals surface area contributed by atoms with Gasteiger partial charge in [-0.2, -0.15) is 0 Å². The van der Waals surface area contributed by atoms with Gasteiger partial charge in [-0.15, -0.1) is 0 Å². The first kappa shape index (κ1) is 14.9. The first-order valence-corrected chi connectivity index (χ1v) is 9.41. The fraction of sp³-hybridized carbons (Fsp3) is 0.850. The Morgan fingerprint density at radius 2 is 1.95 bits per heavy atom. The summed E-state index contributed by atoms with van der Waals surface area (Å²) in [7, 11) is 0. The van der Waals surface area contributed by atoms with Gasteiger partial charge in [-0.25, -0.2) is 0 Å². The molecular formula is C20H30O2. The molecule has 22 heavy (non-hydrogen) atoms. The van der Waals surface area contributed by atoms with Crippen molar-refractivity contribution in [3.05, 3.63) is 11.1 Å². The average molecular weight is 302 g/mol. The lowest BCUT2D eigenvalue weighted by Crippen LogP contribution is -2.50. The van der Waals surface area contributed by atoms with Crippen LogP contribution in [-0.4, -0.2) is 17.0 Å². The molecule has 0 heterocycles. The van der Waals surface area contributed by atoms with Gasteiger partial charge in [-0.1, -0.05) is 12.5 Å². The van der Waals surface area contributed by atoms with Crippen LogP contribution in [0, 0.1) is 29.1 Å². The highest BCUT2D eigenvalue weighted by molar-refractivity contribution is 5.94. The number of hydrogen-bond donors (Lipinski definition) is 1. The summed E-state index contributed by atoms with van der Waals surface area (Å²) in [6.07, 6.45) is 10.6. The molecule has 4 rings (SSSR count). The Morgan fingerprint density at radius 3 is 2.73 bits per heavy atom. The fourth-order valence-electron chi connectivity index (χ4n) is 6.82. The van der Waals surface area contributed by atoms with Crippen LogP contribution in [0.2, 0.25) is 0 Å². The second kappa shape index (κ2) is 5.19. The molecule has 4 aliphatic rings. The molecule has 0 bridgehead atoms. The summed E-state index contributed by atoms with van der Waals surface area (Å²) in [6.45, 7) is 4.29. The van der Waals surface area contributed by atoms with E-state index in [1.165, 1.54) is 44.1 Å². The largest absolute Gasteiger partial charge is 0.393 e. The van der Waals surface area contributed by atoms with Gasteiger partial charge in [-0.3, -0.25) is 4.79 Å². The lowest BCUT2D eigenvalue weighted by Gasteiger charge is -2.58. The quantitative estimate of drug-likeness (QED) is 0.785. The maximum Gasteiger partial charge on any atom is 0.155 e.